The quantitative estimate of drug-likeness (QED) is 0.573. The summed E-state index contributed by atoms with van der Waals surface area (Å²) in [6, 6.07) is 2.13. The van der Waals surface area contributed by atoms with E-state index in [2.05, 4.69) is 59.2 Å². The first-order valence-corrected chi connectivity index (χ1v) is 11.7. The molecule has 1 unspecified atom stereocenters. The average molecular weight is 495 g/mol. The lowest BCUT2D eigenvalue weighted by molar-refractivity contribution is 0.255. The smallest absolute Gasteiger partial charge is 0.150 e. The van der Waals surface area contributed by atoms with Crippen LogP contribution in [0.2, 0.25) is 0 Å². The van der Waals surface area contributed by atoms with Gasteiger partial charge >= 0.3 is 0 Å². The molecular weight excluding hydrogens is 480 g/mol. The fourth-order valence-corrected chi connectivity index (χ4v) is 8.35. The number of hydrogen-bond acceptors (Lipinski definition) is 3. The van der Waals surface area contributed by atoms with Crippen molar-refractivity contribution in [3.8, 4) is 0 Å². The van der Waals surface area contributed by atoms with Crippen LogP contribution in [0.15, 0.2) is 15.9 Å². The van der Waals surface area contributed by atoms with Crippen LogP contribution < -0.4 is 0 Å². The van der Waals surface area contributed by atoms with Gasteiger partial charge in [0.05, 0.1) is 11.5 Å². The second kappa shape index (κ2) is 6.46. The fourth-order valence-electron chi connectivity index (χ4n) is 2.56. The van der Waals surface area contributed by atoms with Crippen LogP contribution in [-0.4, -0.2) is 30.6 Å². The van der Waals surface area contributed by atoms with E-state index in [1.54, 1.807) is 11.3 Å². The lowest BCUT2D eigenvalue weighted by atomic mass is 9.75. The minimum Gasteiger partial charge on any atom is -0.229 e. The van der Waals surface area contributed by atoms with Gasteiger partial charge in [-0.1, -0.05) is 31.9 Å². The minimum atomic E-state index is -2.83. The summed E-state index contributed by atoms with van der Waals surface area (Å²) in [5.74, 6) is 0.904. The molecule has 0 spiro atoms. The van der Waals surface area contributed by atoms with Gasteiger partial charge in [0.25, 0.3) is 0 Å². The molecule has 0 radical (unpaired) electrons. The molecule has 0 aliphatic carbocycles. The Kier molecular flexibility index (Phi) is 5.60. The minimum absolute atomic E-state index is 0.0200. The molecule has 0 amide bonds. The number of sulfone groups is 1. The first kappa shape index (κ1) is 16.5. The van der Waals surface area contributed by atoms with Gasteiger partial charge in [0.1, 0.15) is 0 Å². The van der Waals surface area contributed by atoms with Crippen molar-refractivity contribution in [2.45, 2.75) is 12.8 Å². The van der Waals surface area contributed by atoms with Crippen LogP contribution in [-0.2, 0) is 16.3 Å². The zero-order valence-corrected chi connectivity index (χ0v) is 16.6. The first-order chi connectivity index (χ1) is 8.91. The number of alkyl halides is 2. The molecule has 7 heteroatoms. The van der Waals surface area contributed by atoms with Gasteiger partial charge in [-0.2, -0.15) is 0 Å². The topological polar surface area (TPSA) is 34.1 Å². The maximum atomic E-state index is 11.7. The summed E-state index contributed by atoms with van der Waals surface area (Å²) >= 11 is 12.4. The molecular formula is C12H15Br3O2S2. The molecule has 0 saturated carbocycles. The van der Waals surface area contributed by atoms with Gasteiger partial charge < -0.3 is 0 Å². The molecule has 2 nitrogen and oxygen atoms in total. The SMILES string of the molecule is O=S1(=O)CCC(C(CBr)(CBr)Cc2cc(Br)cs2)C1. The van der Waals surface area contributed by atoms with Crippen LogP contribution in [0.1, 0.15) is 11.3 Å². The van der Waals surface area contributed by atoms with Crippen molar-refractivity contribution in [2.75, 3.05) is 22.2 Å². The van der Waals surface area contributed by atoms with Crippen LogP contribution >= 0.6 is 59.1 Å². The summed E-state index contributed by atoms with van der Waals surface area (Å²) in [5, 5.41) is 3.72. The zero-order chi connectivity index (χ0) is 14.1. The van der Waals surface area contributed by atoms with Gasteiger partial charge in [0.2, 0.25) is 0 Å². The molecule has 0 N–H and O–H groups in total. The predicted molar refractivity (Wildman–Crippen MR) is 92.5 cm³/mol. The Morgan fingerprint density at radius 2 is 2.05 bits per heavy atom. The molecule has 1 atom stereocenters. The van der Waals surface area contributed by atoms with Gasteiger partial charge in [0.15, 0.2) is 9.84 Å². The van der Waals surface area contributed by atoms with Crippen LogP contribution in [0.3, 0.4) is 0 Å². The Morgan fingerprint density at radius 3 is 2.47 bits per heavy atom. The summed E-state index contributed by atoms with van der Waals surface area (Å²) in [5.41, 5.74) is -0.0200. The fraction of sp³-hybridized carbons (Fsp3) is 0.667. The number of thiophene rings is 1. The van der Waals surface area contributed by atoms with Crippen molar-refractivity contribution < 1.29 is 8.42 Å². The van der Waals surface area contributed by atoms with E-state index in [1.165, 1.54) is 4.88 Å². The molecule has 0 bridgehead atoms. The second-order valence-electron chi connectivity index (χ2n) is 5.14. The van der Waals surface area contributed by atoms with E-state index in [0.29, 0.717) is 11.5 Å². The number of rotatable bonds is 5. The van der Waals surface area contributed by atoms with Crippen molar-refractivity contribution in [1.82, 2.24) is 0 Å². The van der Waals surface area contributed by atoms with Gasteiger partial charge in [-0.15, -0.1) is 11.3 Å². The standard InChI is InChI=1S/C12H15Br3O2S2/c13-7-12(8-14,4-11-3-10(15)5-18-11)9-1-2-19(16,17)6-9/h3,5,9H,1-2,4,6-8H2. The highest BCUT2D eigenvalue weighted by atomic mass is 79.9. The molecule has 2 heterocycles. The highest BCUT2D eigenvalue weighted by Crippen LogP contribution is 2.43. The molecule has 1 fully saturated rings. The summed E-state index contributed by atoms with van der Waals surface area (Å²) in [4.78, 5) is 1.30. The Morgan fingerprint density at radius 1 is 1.37 bits per heavy atom. The third-order valence-electron chi connectivity index (χ3n) is 3.78. The van der Waals surface area contributed by atoms with Crippen molar-refractivity contribution in [3.63, 3.8) is 0 Å². The largest absolute Gasteiger partial charge is 0.229 e. The summed E-state index contributed by atoms with van der Waals surface area (Å²) < 4.78 is 24.6. The molecule has 0 aromatic carbocycles. The average Bonchev–Trinajstić information content (AvgIpc) is 2.92. The lowest BCUT2D eigenvalue weighted by Crippen LogP contribution is -2.37. The highest BCUT2D eigenvalue weighted by molar-refractivity contribution is 9.10. The van der Waals surface area contributed by atoms with Gasteiger partial charge in [0, 0.05) is 25.4 Å². The third kappa shape index (κ3) is 3.84. The number of halogens is 3. The van der Waals surface area contributed by atoms with Gasteiger partial charge in [-0.05, 0) is 46.2 Å². The lowest BCUT2D eigenvalue weighted by Gasteiger charge is -2.35. The highest BCUT2D eigenvalue weighted by Gasteiger charge is 2.43. The summed E-state index contributed by atoms with van der Waals surface area (Å²) in [6.45, 7) is 0. The van der Waals surface area contributed by atoms with Crippen molar-refractivity contribution in [2.24, 2.45) is 11.3 Å². The molecule has 1 aliphatic rings. The zero-order valence-electron chi connectivity index (χ0n) is 10.2. The van der Waals surface area contributed by atoms with Gasteiger partial charge in [-0.25, -0.2) is 8.42 Å². The van der Waals surface area contributed by atoms with Crippen LogP contribution in [0.4, 0.5) is 0 Å². The summed E-state index contributed by atoms with van der Waals surface area (Å²) in [7, 11) is -2.83. The van der Waals surface area contributed by atoms with E-state index in [1.807, 2.05) is 0 Å². The maximum Gasteiger partial charge on any atom is 0.150 e. The molecule has 1 saturated heterocycles. The Hall–Kier alpha value is 1.09. The Labute approximate surface area is 143 Å². The van der Waals surface area contributed by atoms with Crippen LogP contribution in [0.25, 0.3) is 0 Å². The molecule has 19 heavy (non-hydrogen) atoms. The monoisotopic (exact) mass is 492 g/mol. The van der Waals surface area contributed by atoms with Crippen molar-refractivity contribution in [1.29, 1.82) is 0 Å². The molecule has 1 aromatic heterocycles. The second-order valence-corrected chi connectivity index (χ2v) is 10.4. The van der Waals surface area contributed by atoms with E-state index < -0.39 is 9.84 Å². The Balaban J connectivity index is 2.22. The molecule has 1 aromatic rings. The van der Waals surface area contributed by atoms with Crippen LogP contribution in [0, 0.1) is 11.3 Å². The molecule has 2 rings (SSSR count). The third-order valence-corrected chi connectivity index (χ3v) is 9.48. The Bertz CT molecular complexity index is 535. The van der Waals surface area contributed by atoms with E-state index in [0.717, 1.165) is 28.0 Å². The van der Waals surface area contributed by atoms with E-state index in [9.17, 15) is 8.42 Å². The van der Waals surface area contributed by atoms with Crippen molar-refractivity contribution in [3.05, 3.63) is 20.8 Å². The number of hydrogen-bond donors (Lipinski definition) is 0. The van der Waals surface area contributed by atoms with E-state index in [-0.39, 0.29) is 11.3 Å². The van der Waals surface area contributed by atoms with E-state index in [4.69, 9.17) is 0 Å². The first-order valence-electron chi connectivity index (χ1n) is 5.96. The molecule has 1 aliphatic heterocycles. The normalized spacial score (nSPS) is 22.8. The van der Waals surface area contributed by atoms with Crippen molar-refractivity contribution >= 4 is 69.0 Å². The van der Waals surface area contributed by atoms with E-state index >= 15 is 0 Å². The van der Waals surface area contributed by atoms with Gasteiger partial charge in [-0.3, -0.25) is 0 Å². The maximum absolute atomic E-state index is 11.7. The van der Waals surface area contributed by atoms with Crippen LogP contribution in [0.5, 0.6) is 0 Å². The summed E-state index contributed by atoms with van der Waals surface area (Å²) in [6.07, 6.45) is 1.70. The molecule has 108 valence electrons. The predicted octanol–water partition coefficient (Wildman–Crippen LogP) is 4.26.